The minimum Gasteiger partial charge on any atom is -0.472 e. The second-order valence-electron chi connectivity index (χ2n) is 5.13. The Morgan fingerprint density at radius 1 is 1.39 bits per heavy atom. The number of nitrogens with zero attached hydrogens (tertiary/aromatic N) is 2. The van der Waals surface area contributed by atoms with Crippen LogP contribution in [0.1, 0.15) is 19.4 Å². The molecule has 1 unspecified atom stereocenters. The zero-order valence-electron chi connectivity index (χ0n) is 13.1. The predicted octanol–water partition coefficient (Wildman–Crippen LogP) is 3.04. The van der Waals surface area contributed by atoms with E-state index >= 15 is 0 Å². The third kappa shape index (κ3) is 4.17. The molecule has 0 aliphatic heterocycles. The van der Waals surface area contributed by atoms with Crippen molar-refractivity contribution in [1.82, 2.24) is 4.90 Å². The van der Waals surface area contributed by atoms with Crippen LogP contribution in [0.5, 0.6) is 0 Å². The number of hydrogen-bond acceptors (Lipinski definition) is 5. The SMILES string of the molecule is CCN(Cc1ccoc1)C(C)C(=O)Nc1ccccc1[N+](=O)[O-]. The molecule has 1 atom stereocenters. The van der Waals surface area contributed by atoms with E-state index < -0.39 is 11.0 Å². The quantitative estimate of drug-likeness (QED) is 0.626. The molecule has 1 aromatic carbocycles. The van der Waals surface area contributed by atoms with Crippen molar-refractivity contribution in [3.05, 3.63) is 58.5 Å². The lowest BCUT2D eigenvalue weighted by atomic mass is 10.2. The lowest BCUT2D eigenvalue weighted by Crippen LogP contribution is -2.41. The molecule has 0 aliphatic carbocycles. The molecular formula is C16H19N3O4. The Hall–Kier alpha value is -2.67. The largest absolute Gasteiger partial charge is 0.472 e. The van der Waals surface area contributed by atoms with Crippen molar-refractivity contribution < 1.29 is 14.1 Å². The summed E-state index contributed by atoms with van der Waals surface area (Å²) in [7, 11) is 0. The molecule has 0 fully saturated rings. The number of nitro groups is 1. The van der Waals surface area contributed by atoms with Crippen molar-refractivity contribution >= 4 is 17.3 Å². The third-order valence-electron chi connectivity index (χ3n) is 3.66. The van der Waals surface area contributed by atoms with Gasteiger partial charge in [-0.05, 0) is 25.6 Å². The van der Waals surface area contributed by atoms with E-state index in [9.17, 15) is 14.9 Å². The van der Waals surface area contributed by atoms with E-state index in [1.165, 1.54) is 12.1 Å². The Labute approximate surface area is 134 Å². The van der Waals surface area contributed by atoms with Gasteiger partial charge in [0.05, 0.1) is 23.5 Å². The maximum atomic E-state index is 12.4. The summed E-state index contributed by atoms with van der Waals surface area (Å²) in [5.74, 6) is -0.287. The summed E-state index contributed by atoms with van der Waals surface area (Å²) >= 11 is 0. The van der Waals surface area contributed by atoms with Crippen molar-refractivity contribution in [3.8, 4) is 0 Å². The van der Waals surface area contributed by atoms with Crippen LogP contribution in [-0.2, 0) is 11.3 Å². The fourth-order valence-corrected chi connectivity index (χ4v) is 2.28. The molecule has 2 rings (SSSR count). The van der Waals surface area contributed by atoms with Crippen LogP contribution >= 0.6 is 0 Å². The number of hydrogen-bond donors (Lipinski definition) is 1. The molecule has 122 valence electrons. The van der Waals surface area contributed by atoms with Crippen LogP contribution in [0.2, 0.25) is 0 Å². The number of rotatable bonds is 7. The monoisotopic (exact) mass is 317 g/mol. The molecule has 0 spiro atoms. The van der Waals surface area contributed by atoms with Gasteiger partial charge < -0.3 is 9.73 Å². The van der Waals surface area contributed by atoms with E-state index in [1.807, 2.05) is 17.9 Å². The molecule has 0 bridgehead atoms. The first-order valence-corrected chi connectivity index (χ1v) is 7.32. The number of nitrogens with one attached hydrogen (secondary N) is 1. The molecule has 0 radical (unpaired) electrons. The number of carbonyl (C=O) groups is 1. The first-order chi connectivity index (χ1) is 11.0. The van der Waals surface area contributed by atoms with Crippen LogP contribution in [-0.4, -0.2) is 28.3 Å². The Kier molecular flexibility index (Phi) is 5.48. The van der Waals surface area contributed by atoms with Gasteiger partial charge in [-0.2, -0.15) is 0 Å². The van der Waals surface area contributed by atoms with E-state index in [-0.39, 0.29) is 17.3 Å². The van der Waals surface area contributed by atoms with Gasteiger partial charge in [-0.3, -0.25) is 19.8 Å². The maximum absolute atomic E-state index is 12.4. The van der Waals surface area contributed by atoms with Gasteiger partial charge in [-0.1, -0.05) is 19.1 Å². The number of carbonyl (C=O) groups excluding carboxylic acids is 1. The minimum atomic E-state index is -0.511. The van der Waals surface area contributed by atoms with Gasteiger partial charge in [0.2, 0.25) is 5.91 Å². The van der Waals surface area contributed by atoms with Gasteiger partial charge in [-0.15, -0.1) is 0 Å². The zero-order chi connectivity index (χ0) is 16.8. The number of para-hydroxylation sites is 2. The summed E-state index contributed by atoms with van der Waals surface area (Å²) in [6.07, 6.45) is 3.22. The number of anilines is 1. The fourth-order valence-electron chi connectivity index (χ4n) is 2.28. The number of nitro benzene ring substituents is 1. The lowest BCUT2D eigenvalue weighted by molar-refractivity contribution is -0.383. The Balaban J connectivity index is 2.08. The Morgan fingerprint density at radius 3 is 2.74 bits per heavy atom. The van der Waals surface area contributed by atoms with Crippen LogP contribution < -0.4 is 5.32 Å². The molecular weight excluding hydrogens is 298 g/mol. The Morgan fingerprint density at radius 2 is 2.13 bits per heavy atom. The highest BCUT2D eigenvalue weighted by atomic mass is 16.6. The van der Waals surface area contributed by atoms with Crippen LogP contribution in [0, 0.1) is 10.1 Å². The molecule has 1 aromatic heterocycles. The van der Waals surface area contributed by atoms with Crippen LogP contribution in [0.4, 0.5) is 11.4 Å². The maximum Gasteiger partial charge on any atom is 0.292 e. The Bertz CT molecular complexity index is 670. The standard InChI is InChI=1S/C16H19N3O4/c1-3-18(10-13-8-9-23-11-13)12(2)16(20)17-14-6-4-5-7-15(14)19(21)22/h4-9,11-12H,3,10H2,1-2H3,(H,17,20). The summed E-state index contributed by atoms with van der Waals surface area (Å²) in [4.78, 5) is 24.9. The topological polar surface area (TPSA) is 88.6 Å². The summed E-state index contributed by atoms with van der Waals surface area (Å²) in [6, 6.07) is 7.51. The first-order valence-electron chi connectivity index (χ1n) is 7.32. The molecule has 0 saturated heterocycles. The van der Waals surface area contributed by atoms with Gasteiger partial charge in [0.15, 0.2) is 0 Å². The molecule has 23 heavy (non-hydrogen) atoms. The summed E-state index contributed by atoms with van der Waals surface area (Å²) in [5.41, 5.74) is 1.05. The average Bonchev–Trinajstić information content (AvgIpc) is 3.05. The zero-order valence-corrected chi connectivity index (χ0v) is 13.1. The summed E-state index contributed by atoms with van der Waals surface area (Å²) in [6.45, 7) is 4.96. The van der Waals surface area contributed by atoms with Crippen molar-refractivity contribution in [3.63, 3.8) is 0 Å². The van der Waals surface area contributed by atoms with Gasteiger partial charge in [-0.25, -0.2) is 0 Å². The molecule has 1 heterocycles. The number of benzene rings is 1. The minimum absolute atomic E-state index is 0.120. The van der Waals surface area contributed by atoms with Gasteiger partial charge >= 0.3 is 0 Å². The summed E-state index contributed by atoms with van der Waals surface area (Å²) in [5, 5.41) is 13.6. The molecule has 2 aromatic rings. The lowest BCUT2D eigenvalue weighted by Gasteiger charge is -2.26. The van der Waals surface area contributed by atoms with E-state index in [0.717, 1.165) is 5.56 Å². The van der Waals surface area contributed by atoms with Gasteiger partial charge in [0.1, 0.15) is 5.69 Å². The van der Waals surface area contributed by atoms with Crippen molar-refractivity contribution in [2.24, 2.45) is 0 Å². The third-order valence-corrected chi connectivity index (χ3v) is 3.66. The molecule has 0 aliphatic rings. The number of furan rings is 1. The van der Waals surface area contributed by atoms with Crippen molar-refractivity contribution in [1.29, 1.82) is 0 Å². The van der Waals surface area contributed by atoms with E-state index in [2.05, 4.69) is 5.32 Å². The fraction of sp³-hybridized carbons (Fsp3) is 0.312. The molecule has 7 heteroatoms. The molecule has 7 nitrogen and oxygen atoms in total. The normalized spacial score (nSPS) is 12.1. The summed E-state index contributed by atoms with van der Waals surface area (Å²) < 4.78 is 5.04. The number of likely N-dealkylation sites (N-methyl/N-ethyl adjacent to an activating group) is 1. The molecule has 0 saturated carbocycles. The van der Waals surface area contributed by atoms with Crippen LogP contribution in [0.3, 0.4) is 0 Å². The number of amides is 1. The van der Waals surface area contributed by atoms with Crippen molar-refractivity contribution in [2.45, 2.75) is 26.4 Å². The van der Waals surface area contributed by atoms with Crippen molar-refractivity contribution in [2.75, 3.05) is 11.9 Å². The van der Waals surface area contributed by atoms with E-state index in [0.29, 0.717) is 13.1 Å². The smallest absolute Gasteiger partial charge is 0.292 e. The van der Waals surface area contributed by atoms with Crippen LogP contribution in [0.15, 0.2) is 47.3 Å². The van der Waals surface area contributed by atoms with E-state index in [1.54, 1.807) is 31.6 Å². The van der Waals surface area contributed by atoms with Gasteiger partial charge in [0, 0.05) is 18.2 Å². The van der Waals surface area contributed by atoms with E-state index in [4.69, 9.17) is 4.42 Å². The second-order valence-corrected chi connectivity index (χ2v) is 5.13. The average molecular weight is 317 g/mol. The first kappa shape index (κ1) is 16.7. The highest BCUT2D eigenvalue weighted by molar-refractivity contribution is 5.96. The predicted molar refractivity (Wildman–Crippen MR) is 86.0 cm³/mol. The highest BCUT2D eigenvalue weighted by Crippen LogP contribution is 2.23. The molecule has 1 amide bonds. The second kappa shape index (κ2) is 7.55. The molecule has 1 N–H and O–H groups in total. The van der Waals surface area contributed by atoms with Gasteiger partial charge in [0.25, 0.3) is 5.69 Å². The highest BCUT2D eigenvalue weighted by Gasteiger charge is 2.23. The van der Waals surface area contributed by atoms with Crippen LogP contribution in [0.25, 0.3) is 0 Å².